The number of hydrogen-bond donors (Lipinski definition) is 0. The summed E-state index contributed by atoms with van der Waals surface area (Å²) >= 11 is 1.13. The molecule has 0 fully saturated rings. The highest BCUT2D eigenvalue weighted by Crippen LogP contribution is 2.04. The highest BCUT2D eigenvalue weighted by atomic mass is 32.1. The van der Waals surface area contributed by atoms with Gasteiger partial charge in [-0.2, -0.15) is 14.6 Å². The minimum Gasteiger partial charge on any atom is -0.266 e. The summed E-state index contributed by atoms with van der Waals surface area (Å²) in [4.78, 5) is 33.3. The van der Waals surface area contributed by atoms with E-state index < -0.39 is 5.56 Å². The van der Waals surface area contributed by atoms with E-state index in [0.29, 0.717) is 16.6 Å². The van der Waals surface area contributed by atoms with Gasteiger partial charge in [-0.1, -0.05) is 47.7 Å². The van der Waals surface area contributed by atoms with Crippen LogP contribution in [0.4, 0.5) is 0 Å². The summed E-state index contributed by atoms with van der Waals surface area (Å²) in [6.07, 6.45) is 3.66. The molecule has 0 amide bonds. The highest BCUT2D eigenvalue weighted by molar-refractivity contribution is 7.15. The summed E-state index contributed by atoms with van der Waals surface area (Å²) in [5.41, 5.74) is 1.15. The summed E-state index contributed by atoms with van der Waals surface area (Å²) in [6, 6.07) is 14.9. The number of rotatable bonds is 3. The lowest BCUT2D eigenvalue weighted by atomic mass is 10.1. The Labute approximate surface area is 145 Å². The fourth-order valence-corrected chi connectivity index (χ4v) is 3.33. The van der Waals surface area contributed by atoms with Crippen LogP contribution in [0.25, 0.3) is 11.0 Å². The molecule has 0 unspecified atom stereocenters. The molecule has 0 aliphatic heterocycles. The number of thiazole rings is 1. The first-order valence-electron chi connectivity index (χ1n) is 7.60. The van der Waals surface area contributed by atoms with Crippen LogP contribution in [-0.2, 0) is 6.42 Å². The van der Waals surface area contributed by atoms with Gasteiger partial charge in [-0.15, -0.1) is 0 Å². The Morgan fingerprint density at radius 3 is 2.60 bits per heavy atom. The van der Waals surface area contributed by atoms with Crippen molar-refractivity contribution in [2.45, 2.75) is 6.42 Å². The molecule has 1 aromatic carbocycles. The molecule has 3 aromatic heterocycles. The van der Waals surface area contributed by atoms with E-state index >= 15 is 0 Å². The van der Waals surface area contributed by atoms with Crippen LogP contribution in [0.2, 0.25) is 0 Å². The van der Waals surface area contributed by atoms with Gasteiger partial charge >= 0.3 is 0 Å². The Bertz CT molecular complexity index is 1200. The monoisotopic (exact) mass is 348 g/mol. The highest BCUT2D eigenvalue weighted by Gasteiger charge is 2.11. The van der Waals surface area contributed by atoms with E-state index in [1.807, 2.05) is 36.4 Å². The molecule has 122 valence electrons. The molecule has 0 N–H and O–H groups in total. The number of hydrogen-bond acceptors (Lipinski definition) is 6. The fraction of sp³-hybridized carbons (Fsp3) is 0.0556. The van der Waals surface area contributed by atoms with E-state index in [4.69, 9.17) is 0 Å². The molecule has 0 aliphatic carbocycles. The van der Waals surface area contributed by atoms with Crippen LogP contribution >= 0.6 is 11.3 Å². The summed E-state index contributed by atoms with van der Waals surface area (Å²) < 4.78 is 1.63. The minimum atomic E-state index is -0.408. The zero-order valence-corrected chi connectivity index (χ0v) is 13.8. The standard InChI is InChI=1S/C18H12N4O2S/c23-16-14(10-12-6-2-1-3-7-12)21-22-17(24)15(25-18(22)20-16)11-13-8-4-5-9-19-13/h1-9,11H,10H2. The molecule has 4 aromatic rings. The van der Waals surface area contributed by atoms with E-state index in [1.54, 1.807) is 24.4 Å². The third-order valence-corrected chi connectivity index (χ3v) is 4.59. The molecule has 3 heterocycles. The normalized spacial score (nSPS) is 11.9. The fourth-order valence-electron chi connectivity index (χ4n) is 2.44. The Morgan fingerprint density at radius 2 is 1.84 bits per heavy atom. The van der Waals surface area contributed by atoms with Crippen LogP contribution < -0.4 is 15.7 Å². The molecule has 4 rings (SSSR count). The zero-order chi connectivity index (χ0) is 17.2. The molecular weight excluding hydrogens is 336 g/mol. The van der Waals surface area contributed by atoms with Crippen LogP contribution in [0.3, 0.4) is 0 Å². The molecule has 0 saturated carbocycles. The largest absolute Gasteiger partial charge is 0.296 e. The van der Waals surface area contributed by atoms with E-state index in [2.05, 4.69) is 15.1 Å². The molecule has 0 aliphatic rings. The third-order valence-electron chi connectivity index (χ3n) is 3.63. The number of pyridine rings is 1. The van der Waals surface area contributed by atoms with Crippen LogP contribution in [0.1, 0.15) is 17.0 Å². The van der Waals surface area contributed by atoms with Gasteiger partial charge in [0.25, 0.3) is 11.1 Å². The van der Waals surface area contributed by atoms with Crippen molar-refractivity contribution in [3.8, 4) is 0 Å². The minimum absolute atomic E-state index is 0.253. The van der Waals surface area contributed by atoms with Crippen molar-refractivity contribution in [2.24, 2.45) is 0 Å². The maximum Gasteiger partial charge on any atom is 0.296 e. The van der Waals surface area contributed by atoms with Gasteiger partial charge in [-0.3, -0.25) is 14.6 Å². The van der Waals surface area contributed by atoms with Crippen LogP contribution in [0, 0.1) is 0 Å². The summed E-state index contributed by atoms with van der Waals surface area (Å²) in [5.74, 6) is 0. The summed E-state index contributed by atoms with van der Waals surface area (Å²) in [7, 11) is 0. The lowest BCUT2D eigenvalue weighted by Crippen LogP contribution is -2.28. The predicted octanol–water partition coefficient (Wildman–Crippen LogP) is 1.04. The van der Waals surface area contributed by atoms with Gasteiger partial charge < -0.3 is 0 Å². The smallest absolute Gasteiger partial charge is 0.266 e. The average molecular weight is 348 g/mol. The molecule has 6 nitrogen and oxygen atoms in total. The second kappa shape index (κ2) is 6.37. The van der Waals surface area contributed by atoms with Crippen molar-refractivity contribution in [3.05, 3.63) is 96.9 Å². The lowest BCUT2D eigenvalue weighted by Gasteiger charge is -1.99. The molecule has 0 spiro atoms. The zero-order valence-electron chi connectivity index (χ0n) is 13.0. The molecule has 0 atom stereocenters. The second-order valence-corrected chi connectivity index (χ2v) is 6.40. The first-order chi connectivity index (χ1) is 12.2. The van der Waals surface area contributed by atoms with Gasteiger partial charge in [-0.25, -0.2) is 0 Å². The van der Waals surface area contributed by atoms with E-state index in [9.17, 15) is 9.59 Å². The first kappa shape index (κ1) is 15.3. The van der Waals surface area contributed by atoms with Crippen molar-refractivity contribution >= 4 is 22.4 Å². The van der Waals surface area contributed by atoms with Gasteiger partial charge in [0.1, 0.15) is 10.2 Å². The summed E-state index contributed by atoms with van der Waals surface area (Å²) in [6.45, 7) is 0. The van der Waals surface area contributed by atoms with Gasteiger partial charge in [0.05, 0.1) is 5.69 Å². The van der Waals surface area contributed by atoms with Crippen LogP contribution in [-0.4, -0.2) is 19.6 Å². The van der Waals surface area contributed by atoms with E-state index in [0.717, 1.165) is 16.9 Å². The Morgan fingerprint density at radius 1 is 1.04 bits per heavy atom. The molecule has 0 bridgehead atoms. The number of benzene rings is 1. The predicted molar refractivity (Wildman–Crippen MR) is 95.7 cm³/mol. The molecule has 7 heteroatoms. The van der Waals surface area contributed by atoms with Crippen molar-refractivity contribution in [1.82, 2.24) is 19.6 Å². The van der Waals surface area contributed by atoms with Gasteiger partial charge in [-0.05, 0) is 23.8 Å². The SMILES string of the molecule is O=c1nc2sc(=Cc3ccccn3)c(=O)n2nc1Cc1ccccc1. The second-order valence-electron chi connectivity index (χ2n) is 5.39. The molecule has 25 heavy (non-hydrogen) atoms. The third kappa shape index (κ3) is 3.09. The molecule has 0 radical (unpaired) electrons. The van der Waals surface area contributed by atoms with Crippen LogP contribution in [0.15, 0.2) is 64.3 Å². The average Bonchev–Trinajstić information content (AvgIpc) is 2.92. The Balaban J connectivity index is 1.84. The summed E-state index contributed by atoms with van der Waals surface area (Å²) in [5, 5.41) is 4.23. The van der Waals surface area contributed by atoms with Gasteiger partial charge in [0.2, 0.25) is 4.96 Å². The van der Waals surface area contributed by atoms with Gasteiger partial charge in [0.15, 0.2) is 0 Å². The van der Waals surface area contributed by atoms with Gasteiger partial charge in [0, 0.05) is 12.6 Å². The number of fused-ring (bicyclic) bond motifs is 1. The molecular formula is C18H12N4O2S. The van der Waals surface area contributed by atoms with Crippen molar-refractivity contribution in [2.75, 3.05) is 0 Å². The number of aromatic nitrogens is 4. The topological polar surface area (TPSA) is 77.2 Å². The van der Waals surface area contributed by atoms with Crippen molar-refractivity contribution in [1.29, 1.82) is 0 Å². The maximum atomic E-state index is 12.6. The van der Waals surface area contributed by atoms with Crippen molar-refractivity contribution < 1.29 is 0 Å². The quantitative estimate of drug-likeness (QED) is 0.553. The van der Waals surface area contributed by atoms with Crippen molar-refractivity contribution in [3.63, 3.8) is 0 Å². The van der Waals surface area contributed by atoms with E-state index in [1.165, 1.54) is 4.52 Å². The molecule has 0 saturated heterocycles. The Hall–Kier alpha value is -3.19. The van der Waals surface area contributed by atoms with Crippen LogP contribution in [0.5, 0.6) is 0 Å². The lowest BCUT2D eigenvalue weighted by molar-refractivity contribution is 0.811. The van der Waals surface area contributed by atoms with E-state index in [-0.39, 0.29) is 16.2 Å². The Kier molecular flexibility index (Phi) is 3.91. The number of nitrogens with zero attached hydrogens (tertiary/aromatic N) is 4. The first-order valence-corrected chi connectivity index (χ1v) is 8.42. The maximum absolute atomic E-state index is 12.6.